The van der Waals surface area contributed by atoms with Crippen molar-refractivity contribution in [1.82, 2.24) is 10.3 Å². The Morgan fingerprint density at radius 3 is 2.82 bits per heavy atom. The average Bonchev–Trinajstić information content (AvgIpc) is 3.30. The van der Waals surface area contributed by atoms with Gasteiger partial charge in [-0.1, -0.05) is 0 Å². The van der Waals surface area contributed by atoms with Crippen LogP contribution in [0.1, 0.15) is 18.5 Å². The zero-order valence-corrected chi connectivity index (χ0v) is 15.6. The number of carbonyl (C=O) groups excluding carboxylic acids is 3. The molecule has 1 aromatic heterocycles. The van der Waals surface area contributed by atoms with E-state index in [0.29, 0.717) is 54.1 Å². The minimum absolute atomic E-state index is 0.0704. The van der Waals surface area contributed by atoms with E-state index in [-0.39, 0.29) is 24.1 Å². The van der Waals surface area contributed by atoms with Gasteiger partial charge in [0.25, 0.3) is 0 Å². The second-order valence-corrected chi connectivity index (χ2v) is 7.23. The molecule has 0 spiro atoms. The zero-order valence-electron chi connectivity index (χ0n) is 14.8. The summed E-state index contributed by atoms with van der Waals surface area (Å²) in [6.07, 6.45) is 0.892. The van der Waals surface area contributed by atoms with E-state index in [1.54, 1.807) is 23.6 Å². The fourth-order valence-corrected chi connectivity index (χ4v) is 3.65. The Labute approximate surface area is 164 Å². The van der Waals surface area contributed by atoms with E-state index < -0.39 is 6.04 Å². The van der Waals surface area contributed by atoms with E-state index in [9.17, 15) is 14.4 Å². The number of hydrogen-bond donors (Lipinski definition) is 3. The molecule has 2 aliphatic heterocycles. The summed E-state index contributed by atoms with van der Waals surface area (Å²) in [5.41, 5.74) is 1.15. The van der Waals surface area contributed by atoms with Crippen LogP contribution in [0.25, 0.3) is 0 Å². The van der Waals surface area contributed by atoms with Crippen LogP contribution in [0, 0.1) is 0 Å². The monoisotopic (exact) mass is 402 g/mol. The molecule has 0 saturated carbocycles. The van der Waals surface area contributed by atoms with Crippen LogP contribution in [0.5, 0.6) is 11.5 Å². The van der Waals surface area contributed by atoms with E-state index in [2.05, 4.69) is 20.9 Å². The summed E-state index contributed by atoms with van der Waals surface area (Å²) in [5, 5.41) is 10.2. The Hall–Kier alpha value is -3.14. The highest BCUT2D eigenvalue weighted by atomic mass is 32.1. The molecular formula is C18H18N4O5S. The smallest absolute Gasteiger partial charge is 0.248 e. The Morgan fingerprint density at radius 2 is 2.04 bits per heavy atom. The van der Waals surface area contributed by atoms with Crippen LogP contribution < -0.4 is 25.4 Å². The molecule has 0 aliphatic carbocycles. The number of hydrogen-bond acceptors (Lipinski definition) is 7. The third-order valence-corrected chi connectivity index (χ3v) is 5.07. The van der Waals surface area contributed by atoms with Gasteiger partial charge < -0.3 is 25.4 Å². The van der Waals surface area contributed by atoms with Crippen molar-refractivity contribution >= 4 is 39.9 Å². The second kappa shape index (κ2) is 7.85. The largest absolute Gasteiger partial charge is 0.486 e. The lowest BCUT2D eigenvalue weighted by molar-refractivity contribution is -0.122. The molecule has 28 heavy (non-hydrogen) atoms. The van der Waals surface area contributed by atoms with Crippen LogP contribution in [0.3, 0.4) is 0 Å². The van der Waals surface area contributed by atoms with E-state index in [0.717, 1.165) is 0 Å². The van der Waals surface area contributed by atoms with Gasteiger partial charge in [-0.25, -0.2) is 4.98 Å². The first kappa shape index (κ1) is 18.2. The molecule has 146 valence electrons. The Balaban J connectivity index is 1.31. The number of aromatic nitrogens is 1. The first-order valence-corrected chi connectivity index (χ1v) is 9.69. The van der Waals surface area contributed by atoms with Gasteiger partial charge in [0.15, 0.2) is 16.6 Å². The SMILES string of the molecule is O=C(Cc1csc(NC(=O)C2CCC(=O)N2)n1)Nc1ccc2c(c1)OCCO2. The number of ether oxygens (including phenoxy) is 2. The maximum Gasteiger partial charge on any atom is 0.248 e. The van der Waals surface area contributed by atoms with Crippen molar-refractivity contribution in [3.05, 3.63) is 29.3 Å². The van der Waals surface area contributed by atoms with Crippen LogP contribution in [-0.2, 0) is 20.8 Å². The number of anilines is 2. The highest BCUT2D eigenvalue weighted by Gasteiger charge is 2.27. The van der Waals surface area contributed by atoms with Crippen molar-refractivity contribution < 1.29 is 23.9 Å². The lowest BCUT2D eigenvalue weighted by Gasteiger charge is -2.18. The summed E-state index contributed by atoms with van der Waals surface area (Å²) in [4.78, 5) is 39.8. The Bertz CT molecular complexity index is 928. The third kappa shape index (κ3) is 4.22. The molecule has 2 aromatic rings. The van der Waals surface area contributed by atoms with Crippen molar-refractivity contribution in [2.45, 2.75) is 25.3 Å². The number of carbonyl (C=O) groups is 3. The van der Waals surface area contributed by atoms with Gasteiger partial charge in [-0.2, -0.15) is 0 Å². The molecule has 1 unspecified atom stereocenters. The van der Waals surface area contributed by atoms with Crippen molar-refractivity contribution in [3.63, 3.8) is 0 Å². The first-order valence-electron chi connectivity index (χ1n) is 8.81. The predicted octanol–water partition coefficient (Wildman–Crippen LogP) is 1.31. The van der Waals surface area contributed by atoms with E-state index >= 15 is 0 Å². The molecule has 10 heteroatoms. The number of fused-ring (bicyclic) bond motifs is 1. The highest BCUT2D eigenvalue weighted by molar-refractivity contribution is 7.13. The minimum Gasteiger partial charge on any atom is -0.486 e. The highest BCUT2D eigenvalue weighted by Crippen LogP contribution is 2.32. The van der Waals surface area contributed by atoms with Crippen LogP contribution >= 0.6 is 11.3 Å². The number of nitrogens with one attached hydrogen (secondary N) is 3. The molecule has 9 nitrogen and oxygen atoms in total. The fourth-order valence-electron chi connectivity index (χ4n) is 2.94. The lowest BCUT2D eigenvalue weighted by atomic mass is 10.2. The van der Waals surface area contributed by atoms with Crippen LogP contribution in [-0.4, -0.2) is 42.0 Å². The lowest BCUT2D eigenvalue weighted by Crippen LogP contribution is -2.37. The molecule has 0 radical (unpaired) electrons. The van der Waals surface area contributed by atoms with Gasteiger partial charge in [0.2, 0.25) is 17.7 Å². The quantitative estimate of drug-likeness (QED) is 0.694. The van der Waals surface area contributed by atoms with Crippen molar-refractivity contribution in [2.24, 2.45) is 0 Å². The van der Waals surface area contributed by atoms with Crippen LogP contribution in [0.4, 0.5) is 10.8 Å². The van der Waals surface area contributed by atoms with Gasteiger partial charge in [0, 0.05) is 23.6 Å². The summed E-state index contributed by atoms with van der Waals surface area (Å²) < 4.78 is 11.0. The maximum absolute atomic E-state index is 12.3. The molecule has 1 atom stereocenters. The molecule has 3 amide bonds. The summed E-state index contributed by atoms with van der Waals surface area (Å²) in [6, 6.07) is 4.68. The van der Waals surface area contributed by atoms with E-state index in [4.69, 9.17) is 9.47 Å². The molecule has 0 bridgehead atoms. The maximum atomic E-state index is 12.3. The fraction of sp³-hybridized carbons (Fsp3) is 0.333. The molecule has 4 rings (SSSR count). The predicted molar refractivity (Wildman–Crippen MR) is 102 cm³/mol. The molecule has 1 saturated heterocycles. The number of thiazole rings is 1. The summed E-state index contributed by atoms with van der Waals surface area (Å²) in [7, 11) is 0. The van der Waals surface area contributed by atoms with Gasteiger partial charge in [-0.15, -0.1) is 11.3 Å². The molecule has 3 N–H and O–H groups in total. The molecular weight excluding hydrogens is 384 g/mol. The minimum atomic E-state index is -0.529. The van der Waals surface area contributed by atoms with Crippen LogP contribution in [0.2, 0.25) is 0 Å². The first-order chi connectivity index (χ1) is 13.6. The van der Waals surface area contributed by atoms with Gasteiger partial charge in [-0.05, 0) is 18.6 Å². The molecule has 3 heterocycles. The van der Waals surface area contributed by atoms with Gasteiger partial charge in [0.1, 0.15) is 19.3 Å². The Morgan fingerprint density at radius 1 is 1.21 bits per heavy atom. The topological polar surface area (TPSA) is 119 Å². The zero-order chi connectivity index (χ0) is 19.5. The van der Waals surface area contributed by atoms with Crippen molar-refractivity contribution in [1.29, 1.82) is 0 Å². The number of amides is 3. The van der Waals surface area contributed by atoms with Gasteiger partial charge >= 0.3 is 0 Å². The van der Waals surface area contributed by atoms with E-state index in [1.165, 1.54) is 11.3 Å². The molecule has 1 fully saturated rings. The summed E-state index contributed by atoms with van der Waals surface area (Å²) in [6.45, 7) is 0.983. The third-order valence-electron chi connectivity index (χ3n) is 4.26. The standard InChI is InChI=1S/C18H18N4O5S/c23-15-4-2-12(21-15)17(25)22-18-20-11(9-28-18)8-16(24)19-10-1-3-13-14(7-10)27-6-5-26-13/h1,3,7,9,12H,2,4-6,8H2,(H,19,24)(H,21,23)(H,20,22,25). The van der Waals surface area contributed by atoms with Gasteiger partial charge in [0.05, 0.1) is 12.1 Å². The number of rotatable bonds is 5. The number of benzene rings is 1. The number of nitrogens with zero attached hydrogens (tertiary/aromatic N) is 1. The summed E-state index contributed by atoms with van der Waals surface area (Å²) in [5.74, 6) is 0.593. The van der Waals surface area contributed by atoms with Crippen LogP contribution in [0.15, 0.2) is 23.6 Å². The van der Waals surface area contributed by atoms with Gasteiger partial charge in [-0.3, -0.25) is 14.4 Å². The van der Waals surface area contributed by atoms with Crippen molar-refractivity contribution in [2.75, 3.05) is 23.8 Å². The molecule has 1 aromatic carbocycles. The second-order valence-electron chi connectivity index (χ2n) is 6.38. The van der Waals surface area contributed by atoms with Crippen molar-refractivity contribution in [3.8, 4) is 11.5 Å². The normalized spacial score (nSPS) is 17.7. The summed E-state index contributed by atoms with van der Waals surface area (Å²) >= 11 is 1.23. The average molecular weight is 402 g/mol. The van der Waals surface area contributed by atoms with E-state index in [1.807, 2.05) is 0 Å². The Kier molecular flexibility index (Phi) is 5.11. The molecule has 2 aliphatic rings.